The van der Waals surface area contributed by atoms with Crippen LogP contribution in [0.15, 0.2) is 18.2 Å². The number of tetrazole rings is 1. The van der Waals surface area contributed by atoms with E-state index in [0.717, 1.165) is 4.80 Å². The zero-order valence-corrected chi connectivity index (χ0v) is 9.14. The van der Waals surface area contributed by atoms with Crippen LogP contribution in [0.4, 0.5) is 0 Å². The lowest BCUT2D eigenvalue weighted by Gasteiger charge is -2.02. The lowest BCUT2D eigenvalue weighted by molar-refractivity contribution is 0.0683. The molecular weight excluding hydrogens is 255 g/mol. The van der Waals surface area contributed by atoms with Crippen molar-refractivity contribution in [1.82, 2.24) is 20.2 Å². The number of hydrogen-bond acceptors (Lipinski definition) is 4. The summed E-state index contributed by atoms with van der Waals surface area (Å²) in [7, 11) is 0. The van der Waals surface area contributed by atoms with Gasteiger partial charge in [0, 0.05) is 0 Å². The summed E-state index contributed by atoms with van der Waals surface area (Å²) in [6.07, 6.45) is 0. The van der Waals surface area contributed by atoms with Crippen molar-refractivity contribution >= 4 is 29.2 Å². The van der Waals surface area contributed by atoms with Crippen LogP contribution < -0.4 is 0 Å². The summed E-state index contributed by atoms with van der Waals surface area (Å²) in [6, 6.07) is 4.84. The van der Waals surface area contributed by atoms with Crippen molar-refractivity contribution in [1.29, 1.82) is 0 Å². The van der Waals surface area contributed by atoms with Crippen molar-refractivity contribution in [2.45, 2.75) is 0 Å². The van der Waals surface area contributed by atoms with E-state index in [2.05, 4.69) is 15.4 Å². The molecule has 0 aliphatic heterocycles. The van der Waals surface area contributed by atoms with Crippen LogP contribution >= 0.6 is 23.2 Å². The van der Waals surface area contributed by atoms with Crippen LogP contribution in [0.5, 0.6) is 0 Å². The topological polar surface area (TPSA) is 80.9 Å². The molecule has 0 spiro atoms. The van der Waals surface area contributed by atoms with Crippen LogP contribution in [0, 0.1) is 0 Å². The third-order valence-corrected chi connectivity index (χ3v) is 2.56. The molecule has 1 heterocycles. The predicted octanol–water partition coefficient (Wildman–Crippen LogP) is 1.67. The molecule has 0 aliphatic rings. The molecule has 0 atom stereocenters. The summed E-state index contributed by atoms with van der Waals surface area (Å²) >= 11 is 11.7. The number of hydrogen-bond donors (Lipinski definition) is 1. The number of benzene rings is 1. The van der Waals surface area contributed by atoms with E-state index in [1.807, 2.05) is 0 Å². The Morgan fingerprint density at radius 3 is 2.75 bits per heavy atom. The van der Waals surface area contributed by atoms with Crippen LogP contribution in [-0.2, 0) is 0 Å². The Labute approximate surface area is 99.4 Å². The highest BCUT2D eigenvalue weighted by atomic mass is 35.5. The highest BCUT2D eigenvalue weighted by molar-refractivity contribution is 6.43. The summed E-state index contributed by atoms with van der Waals surface area (Å²) in [5, 5.41) is 19.7. The lowest BCUT2D eigenvalue weighted by atomic mass is 10.3. The molecule has 0 bridgehead atoms. The molecule has 1 aromatic heterocycles. The fourth-order valence-electron chi connectivity index (χ4n) is 1.05. The Morgan fingerprint density at radius 1 is 1.38 bits per heavy atom. The van der Waals surface area contributed by atoms with Crippen molar-refractivity contribution in [3.05, 3.63) is 34.1 Å². The fourth-order valence-corrected chi connectivity index (χ4v) is 1.42. The van der Waals surface area contributed by atoms with E-state index >= 15 is 0 Å². The third-order valence-electron chi connectivity index (χ3n) is 1.75. The average Bonchev–Trinajstić information content (AvgIpc) is 2.71. The van der Waals surface area contributed by atoms with Gasteiger partial charge in [0.15, 0.2) is 0 Å². The number of rotatable bonds is 2. The number of aromatic carboxylic acids is 1. The van der Waals surface area contributed by atoms with Crippen molar-refractivity contribution in [2.75, 3.05) is 0 Å². The Bertz CT molecular complexity index is 555. The number of carbonyl (C=O) groups is 1. The summed E-state index contributed by atoms with van der Waals surface area (Å²) in [4.78, 5) is 11.6. The number of aromatic nitrogens is 4. The van der Waals surface area contributed by atoms with Crippen LogP contribution in [0.3, 0.4) is 0 Å². The van der Waals surface area contributed by atoms with Gasteiger partial charge in [-0.15, -0.1) is 15.0 Å². The minimum Gasteiger partial charge on any atom is -0.475 e. The molecule has 6 nitrogen and oxygen atoms in total. The predicted molar refractivity (Wildman–Crippen MR) is 56.1 cm³/mol. The molecule has 0 unspecified atom stereocenters. The minimum absolute atomic E-state index is 0.235. The first kappa shape index (κ1) is 10.8. The molecule has 0 saturated heterocycles. The summed E-state index contributed by atoms with van der Waals surface area (Å²) < 4.78 is 0. The smallest absolute Gasteiger partial charge is 0.377 e. The standard InChI is InChI=1S/C8H4Cl2N4O2/c9-4-2-1-3-5(6(4)10)14-12-7(8(15)16)11-13-14/h1-3H,(H,15,16). The zero-order chi connectivity index (χ0) is 11.7. The molecule has 0 amide bonds. The molecular formula is C8H4Cl2N4O2. The number of halogens is 2. The van der Waals surface area contributed by atoms with Crippen molar-refractivity contribution in [3.8, 4) is 5.69 Å². The van der Waals surface area contributed by atoms with Gasteiger partial charge < -0.3 is 5.11 Å². The third kappa shape index (κ3) is 1.84. The molecule has 8 heteroatoms. The second kappa shape index (κ2) is 4.07. The average molecular weight is 259 g/mol. The van der Waals surface area contributed by atoms with E-state index in [-0.39, 0.29) is 5.02 Å². The van der Waals surface area contributed by atoms with Crippen molar-refractivity contribution in [2.24, 2.45) is 0 Å². The SMILES string of the molecule is O=C(O)c1nnn(-c2cccc(Cl)c2Cl)n1. The first-order valence-electron chi connectivity index (χ1n) is 4.07. The van der Waals surface area contributed by atoms with Gasteiger partial charge in [0.05, 0.1) is 10.0 Å². The first-order chi connectivity index (χ1) is 7.59. The maximum atomic E-state index is 10.6. The van der Waals surface area contributed by atoms with E-state index < -0.39 is 11.8 Å². The maximum absolute atomic E-state index is 10.6. The van der Waals surface area contributed by atoms with E-state index in [9.17, 15) is 4.79 Å². The Kier molecular flexibility index (Phi) is 2.76. The second-order valence-corrected chi connectivity index (χ2v) is 3.57. The summed E-state index contributed by atoms with van der Waals surface area (Å²) in [5.41, 5.74) is 0.370. The van der Waals surface area contributed by atoms with Gasteiger partial charge in [-0.2, -0.15) is 0 Å². The van der Waals surface area contributed by atoms with E-state index in [1.165, 1.54) is 0 Å². The second-order valence-electron chi connectivity index (χ2n) is 2.78. The maximum Gasteiger partial charge on any atom is 0.377 e. The van der Waals surface area contributed by atoms with Gasteiger partial charge in [0.1, 0.15) is 5.69 Å². The molecule has 1 aromatic carbocycles. The summed E-state index contributed by atoms with van der Waals surface area (Å²) in [5.74, 6) is -1.67. The highest BCUT2D eigenvalue weighted by Crippen LogP contribution is 2.27. The Hall–Kier alpha value is -1.66. The zero-order valence-electron chi connectivity index (χ0n) is 7.63. The quantitative estimate of drug-likeness (QED) is 0.887. The fraction of sp³-hybridized carbons (Fsp3) is 0. The first-order valence-corrected chi connectivity index (χ1v) is 4.83. The van der Waals surface area contributed by atoms with Crippen LogP contribution in [0.2, 0.25) is 10.0 Å². The van der Waals surface area contributed by atoms with Gasteiger partial charge in [0.25, 0.3) is 5.82 Å². The van der Waals surface area contributed by atoms with Crippen LogP contribution in [-0.4, -0.2) is 31.3 Å². The van der Waals surface area contributed by atoms with Crippen molar-refractivity contribution < 1.29 is 9.90 Å². The van der Waals surface area contributed by atoms with Gasteiger partial charge in [-0.1, -0.05) is 29.3 Å². The number of nitrogens with zero attached hydrogens (tertiary/aromatic N) is 4. The van der Waals surface area contributed by atoms with Crippen LogP contribution in [0.25, 0.3) is 5.69 Å². The molecule has 2 aromatic rings. The molecule has 82 valence electrons. The molecule has 2 rings (SSSR count). The molecule has 16 heavy (non-hydrogen) atoms. The minimum atomic E-state index is -1.26. The van der Waals surface area contributed by atoms with Gasteiger partial charge in [0.2, 0.25) is 0 Å². The van der Waals surface area contributed by atoms with Crippen LogP contribution in [0.1, 0.15) is 10.6 Å². The van der Waals surface area contributed by atoms with E-state index in [0.29, 0.717) is 10.7 Å². The number of carboxylic acid groups (broad SMARTS) is 1. The largest absolute Gasteiger partial charge is 0.475 e. The Morgan fingerprint density at radius 2 is 2.12 bits per heavy atom. The highest BCUT2D eigenvalue weighted by Gasteiger charge is 2.14. The van der Waals surface area contributed by atoms with Gasteiger partial charge in [-0.05, 0) is 17.3 Å². The lowest BCUT2D eigenvalue weighted by Crippen LogP contribution is -2.03. The monoisotopic (exact) mass is 258 g/mol. The van der Waals surface area contributed by atoms with Crippen molar-refractivity contribution in [3.63, 3.8) is 0 Å². The number of carboxylic acids is 1. The summed E-state index contributed by atoms with van der Waals surface area (Å²) in [6.45, 7) is 0. The Balaban J connectivity index is 2.50. The van der Waals surface area contributed by atoms with E-state index in [1.54, 1.807) is 18.2 Å². The molecule has 0 radical (unpaired) electrons. The van der Waals surface area contributed by atoms with Gasteiger partial charge in [-0.25, -0.2) is 4.79 Å². The van der Waals surface area contributed by atoms with Gasteiger partial charge >= 0.3 is 5.97 Å². The van der Waals surface area contributed by atoms with Gasteiger partial charge in [-0.3, -0.25) is 0 Å². The van der Waals surface area contributed by atoms with E-state index in [4.69, 9.17) is 28.3 Å². The normalized spacial score (nSPS) is 10.4. The molecule has 0 saturated carbocycles. The molecule has 0 fully saturated rings. The molecule has 0 aliphatic carbocycles. The molecule has 1 N–H and O–H groups in total.